The van der Waals surface area contributed by atoms with Crippen molar-refractivity contribution in [3.63, 3.8) is 0 Å². The van der Waals surface area contributed by atoms with Crippen molar-refractivity contribution in [2.75, 3.05) is 13.2 Å². The quantitative estimate of drug-likeness (QED) is 0.630. The van der Waals surface area contributed by atoms with Gasteiger partial charge in [0.1, 0.15) is 11.6 Å². The van der Waals surface area contributed by atoms with Gasteiger partial charge >= 0.3 is 0 Å². The van der Waals surface area contributed by atoms with E-state index in [1.807, 2.05) is 37.3 Å². The molecule has 0 bridgehead atoms. The Bertz CT molecular complexity index is 1040. The maximum absolute atomic E-state index is 12.7. The van der Waals surface area contributed by atoms with Gasteiger partial charge in [-0.15, -0.1) is 0 Å². The number of nitrogens with one attached hydrogen (secondary N) is 1. The predicted molar refractivity (Wildman–Crippen MR) is 114 cm³/mol. The van der Waals surface area contributed by atoms with E-state index in [1.165, 1.54) is 0 Å². The molecule has 1 N–H and O–H groups in total. The van der Waals surface area contributed by atoms with Crippen LogP contribution in [0.4, 0.5) is 0 Å². The summed E-state index contributed by atoms with van der Waals surface area (Å²) in [5, 5.41) is 0.538. The number of hydrogen-bond acceptors (Lipinski definition) is 4. The van der Waals surface area contributed by atoms with E-state index in [2.05, 4.69) is 23.8 Å². The molecule has 6 heteroatoms. The molecular formula is C23H27N3O3. The number of amides is 1. The number of aromatic nitrogens is 2. The fraction of sp³-hybridized carbons (Fsp3) is 0.348. The van der Waals surface area contributed by atoms with Gasteiger partial charge in [-0.25, -0.2) is 4.98 Å². The van der Waals surface area contributed by atoms with Crippen LogP contribution in [0.1, 0.15) is 44.5 Å². The zero-order chi connectivity index (χ0) is 20.8. The zero-order valence-electron chi connectivity index (χ0n) is 17.1. The average molecular weight is 393 g/mol. The zero-order valence-corrected chi connectivity index (χ0v) is 17.1. The molecule has 3 aromatic rings. The lowest BCUT2D eigenvalue weighted by atomic mass is 9.98. The van der Waals surface area contributed by atoms with E-state index in [1.54, 1.807) is 23.1 Å². The van der Waals surface area contributed by atoms with Crippen LogP contribution in [-0.4, -0.2) is 33.9 Å². The summed E-state index contributed by atoms with van der Waals surface area (Å²) < 4.78 is 5.85. The Kier molecular flexibility index (Phi) is 6.65. The fourth-order valence-electron chi connectivity index (χ4n) is 3.24. The van der Waals surface area contributed by atoms with E-state index in [4.69, 9.17) is 4.74 Å². The number of para-hydroxylation sites is 2. The van der Waals surface area contributed by atoms with Gasteiger partial charge in [0.2, 0.25) is 0 Å². The molecule has 3 rings (SSSR count). The minimum absolute atomic E-state index is 0.0564. The largest absolute Gasteiger partial charge is 0.483 e. The number of fused-ring (bicyclic) bond motifs is 1. The molecule has 0 aliphatic rings. The van der Waals surface area contributed by atoms with Gasteiger partial charge in [-0.2, -0.15) is 0 Å². The number of aromatic amines is 1. The molecule has 0 spiro atoms. The highest BCUT2D eigenvalue weighted by Gasteiger charge is 2.17. The van der Waals surface area contributed by atoms with Crippen LogP contribution in [0.15, 0.2) is 53.3 Å². The summed E-state index contributed by atoms with van der Waals surface area (Å²) in [4.78, 5) is 33.9. The molecule has 2 aromatic carbocycles. The van der Waals surface area contributed by atoms with E-state index < -0.39 is 0 Å². The van der Waals surface area contributed by atoms with Crippen molar-refractivity contribution in [1.29, 1.82) is 0 Å². The van der Waals surface area contributed by atoms with Gasteiger partial charge < -0.3 is 14.6 Å². The van der Waals surface area contributed by atoms with E-state index in [0.29, 0.717) is 29.2 Å². The van der Waals surface area contributed by atoms with Gasteiger partial charge in [-0.3, -0.25) is 9.59 Å². The van der Waals surface area contributed by atoms with Gasteiger partial charge in [0, 0.05) is 6.54 Å². The van der Waals surface area contributed by atoms with Crippen molar-refractivity contribution in [1.82, 2.24) is 14.9 Å². The van der Waals surface area contributed by atoms with E-state index in [0.717, 1.165) is 17.7 Å². The van der Waals surface area contributed by atoms with E-state index in [9.17, 15) is 9.59 Å². The molecule has 29 heavy (non-hydrogen) atoms. The molecule has 1 heterocycles. The molecular weight excluding hydrogens is 366 g/mol. The highest BCUT2D eigenvalue weighted by atomic mass is 16.5. The lowest BCUT2D eigenvalue weighted by molar-refractivity contribution is -0.133. The van der Waals surface area contributed by atoms with Crippen LogP contribution >= 0.6 is 0 Å². The summed E-state index contributed by atoms with van der Waals surface area (Å²) in [5.74, 6) is 1.41. The normalized spacial score (nSPS) is 12.0. The van der Waals surface area contributed by atoms with Crippen LogP contribution in [0, 0.1) is 0 Å². The van der Waals surface area contributed by atoms with Crippen molar-refractivity contribution in [3.05, 3.63) is 70.3 Å². The molecule has 152 valence electrons. The second kappa shape index (κ2) is 9.37. The number of hydrogen-bond donors (Lipinski definition) is 1. The topological polar surface area (TPSA) is 75.3 Å². The molecule has 0 radical (unpaired) electrons. The van der Waals surface area contributed by atoms with Crippen molar-refractivity contribution >= 4 is 16.8 Å². The van der Waals surface area contributed by atoms with Crippen LogP contribution in [0.2, 0.25) is 0 Å². The molecule has 6 nitrogen and oxygen atoms in total. The molecule has 1 unspecified atom stereocenters. The number of nitrogens with zero attached hydrogens (tertiary/aromatic N) is 2. The summed E-state index contributed by atoms with van der Waals surface area (Å²) in [6, 6.07) is 15.0. The number of likely N-dealkylation sites (N-methyl/N-ethyl adjacent to an activating group) is 1. The van der Waals surface area contributed by atoms with E-state index >= 15 is 0 Å². The number of carbonyl (C=O) groups excluding carboxylic acids is 1. The Hall–Kier alpha value is -3.15. The van der Waals surface area contributed by atoms with Crippen molar-refractivity contribution < 1.29 is 9.53 Å². The first-order chi connectivity index (χ1) is 14.0. The molecule has 0 saturated heterocycles. The van der Waals surface area contributed by atoms with Crippen molar-refractivity contribution in [3.8, 4) is 5.75 Å². The molecule has 0 saturated carbocycles. The van der Waals surface area contributed by atoms with Crippen molar-refractivity contribution in [2.24, 2.45) is 0 Å². The number of ether oxygens (including phenoxy) is 1. The average Bonchev–Trinajstić information content (AvgIpc) is 2.75. The molecule has 0 fully saturated rings. The highest BCUT2D eigenvalue weighted by Crippen LogP contribution is 2.28. The second-order valence-electron chi connectivity index (χ2n) is 7.07. The summed E-state index contributed by atoms with van der Waals surface area (Å²) in [7, 11) is 0. The first kappa shape index (κ1) is 20.6. The maximum Gasteiger partial charge on any atom is 0.260 e. The molecule has 1 amide bonds. The third-order valence-corrected chi connectivity index (χ3v) is 5.15. The maximum atomic E-state index is 12.7. The summed E-state index contributed by atoms with van der Waals surface area (Å²) in [6.45, 7) is 6.83. The Labute approximate surface area is 170 Å². The lowest BCUT2D eigenvalue weighted by Gasteiger charge is -2.21. The van der Waals surface area contributed by atoms with Crippen LogP contribution in [-0.2, 0) is 11.3 Å². The first-order valence-electron chi connectivity index (χ1n) is 10.0. The summed E-state index contributed by atoms with van der Waals surface area (Å²) >= 11 is 0. The fourth-order valence-corrected chi connectivity index (χ4v) is 3.24. The minimum Gasteiger partial charge on any atom is -0.483 e. The van der Waals surface area contributed by atoms with Crippen LogP contribution < -0.4 is 10.3 Å². The molecule has 0 aliphatic heterocycles. The summed E-state index contributed by atoms with van der Waals surface area (Å²) in [5.41, 5.74) is 1.52. The highest BCUT2D eigenvalue weighted by molar-refractivity contribution is 5.78. The number of H-pyrrole nitrogens is 1. The van der Waals surface area contributed by atoms with Crippen molar-refractivity contribution in [2.45, 2.75) is 39.7 Å². The van der Waals surface area contributed by atoms with Crippen LogP contribution in [0.3, 0.4) is 0 Å². The number of rotatable bonds is 8. The van der Waals surface area contributed by atoms with Crippen LogP contribution in [0.25, 0.3) is 10.9 Å². The number of benzene rings is 2. The molecule has 0 aliphatic carbocycles. The smallest absolute Gasteiger partial charge is 0.260 e. The van der Waals surface area contributed by atoms with Gasteiger partial charge in [-0.05, 0) is 43.0 Å². The Morgan fingerprint density at radius 2 is 1.86 bits per heavy atom. The van der Waals surface area contributed by atoms with Crippen LogP contribution in [0.5, 0.6) is 5.75 Å². The Morgan fingerprint density at radius 3 is 2.62 bits per heavy atom. The van der Waals surface area contributed by atoms with E-state index in [-0.39, 0.29) is 24.6 Å². The summed E-state index contributed by atoms with van der Waals surface area (Å²) in [6.07, 6.45) is 0.996. The standard InChI is InChI=1S/C23H27N3O3/c1-4-16(3)17-10-7-9-13-20(17)29-15-22(27)26(5-2)14-21-24-19-12-8-6-11-18(19)23(28)25-21/h6-13,16H,4-5,14-15H2,1-3H3,(H,24,25,28). The predicted octanol–water partition coefficient (Wildman–Crippen LogP) is 3.86. The third kappa shape index (κ3) is 4.83. The SMILES string of the molecule is CCC(C)c1ccccc1OCC(=O)N(CC)Cc1nc2ccccc2c(=O)[nH]1. The van der Waals surface area contributed by atoms with Gasteiger partial charge in [0.05, 0.1) is 17.4 Å². The number of carbonyl (C=O) groups is 1. The Morgan fingerprint density at radius 1 is 1.14 bits per heavy atom. The van der Waals surface area contributed by atoms with Gasteiger partial charge in [0.25, 0.3) is 11.5 Å². The molecule has 1 atom stereocenters. The minimum atomic E-state index is -0.201. The molecule has 1 aromatic heterocycles. The second-order valence-corrected chi connectivity index (χ2v) is 7.07. The van der Waals surface area contributed by atoms with Gasteiger partial charge in [-0.1, -0.05) is 44.2 Å². The Balaban J connectivity index is 1.71. The third-order valence-electron chi connectivity index (χ3n) is 5.15. The van der Waals surface area contributed by atoms with Gasteiger partial charge in [0.15, 0.2) is 6.61 Å². The lowest BCUT2D eigenvalue weighted by Crippen LogP contribution is -2.35. The first-order valence-corrected chi connectivity index (χ1v) is 10.0. The monoisotopic (exact) mass is 393 g/mol.